The maximum Gasteiger partial charge on any atom is 0.127 e. The van der Waals surface area contributed by atoms with Gasteiger partial charge in [-0.1, -0.05) is 0 Å². The van der Waals surface area contributed by atoms with E-state index in [4.69, 9.17) is 0 Å². The average Bonchev–Trinajstić information content (AvgIpc) is 2.57. The number of rotatable bonds is 3. The van der Waals surface area contributed by atoms with Gasteiger partial charge in [-0.3, -0.25) is 0 Å². The van der Waals surface area contributed by atoms with E-state index in [-0.39, 0.29) is 0 Å². The van der Waals surface area contributed by atoms with Crippen LogP contribution in [0.3, 0.4) is 0 Å². The highest BCUT2D eigenvalue weighted by molar-refractivity contribution is 9.10. The molecule has 0 spiro atoms. The lowest BCUT2D eigenvalue weighted by Gasteiger charge is -2.24. The van der Waals surface area contributed by atoms with Gasteiger partial charge in [0.15, 0.2) is 0 Å². The molecule has 2 heterocycles. The van der Waals surface area contributed by atoms with Crippen LogP contribution in [0.5, 0.6) is 0 Å². The average molecular weight is 258 g/mol. The number of hydrogen-bond donors (Lipinski definition) is 1. The zero-order valence-corrected chi connectivity index (χ0v) is 10.0. The van der Waals surface area contributed by atoms with E-state index < -0.39 is 0 Å². The van der Waals surface area contributed by atoms with Crippen molar-refractivity contribution in [2.24, 2.45) is 5.92 Å². The Hall–Kier alpha value is -0.350. The minimum Gasteiger partial charge on any atom is -0.333 e. The van der Waals surface area contributed by atoms with Gasteiger partial charge in [0.05, 0.1) is 12.0 Å². The minimum atomic E-state index is 0.816. The summed E-state index contributed by atoms with van der Waals surface area (Å²) in [5.74, 6) is 0.816. The van der Waals surface area contributed by atoms with E-state index in [2.05, 4.69) is 30.8 Å². The van der Waals surface area contributed by atoms with Crippen LogP contribution in [0.4, 0.5) is 0 Å². The van der Waals surface area contributed by atoms with Crippen LogP contribution in [0.25, 0.3) is 0 Å². The van der Waals surface area contributed by atoms with Gasteiger partial charge in [-0.25, -0.2) is 4.98 Å². The molecule has 78 valence electrons. The molecule has 0 fully saturated rings. The van der Waals surface area contributed by atoms with Crippen LogP contribution in [0.2, 0.25) is 0 Å². The topological polar surface area (TPSA) is 29.9 Å². The van der Waals surface area contributed by atoms with Crippen LogP contribution in [0, 0.1) is 5.92 Å². The van der Waals surface area contributed by atoms with E-state index in [1.54, 1.807) is 0 Å². The van der Waals surface area contributed by atoms with Gasteiger partial charge in [-0.15, -0.1) is 0 Å². The number of fused-ring (bicyclic) bond motifs is 1. The van der Waals surface area contributed by atoms with Gasteiger partial charge < -0.3 is 9.88 Å². The summed E-state index contributed by atoms with van der Waals surface area (Å²) in [6.07, 6.45) is 5.68. The normalized spacial score (nSPS) is 20.9. The first kappa shape index (κ1) is 10.2. The van der Waals surface area contributed by atoms with Crippen molar-refractivity contribution in [3.8, 4) is 0 Å². The van der Waals surface area contributed by atoms with E-state index in [0.717, 1.165) is 30.0 Å². The third-order valence-corrected chi connectivity index (χ3v) is 3.60. The van der Waals surface area contributed by atoms with Crippen molar-refractivity contribution < 1.29 is 0 Å². The summed E-state index contributed by atoms with van der Waals surface area (Å²) in [6, 6.07) is 0. The summed E-state index contributed by atoms with van der Waals surface area (Å²) < 4.78 is 3.32. The molecule has 1 aliphatic heterocycles. The zero-order valence-electron chi connectivity index (χ0n) is 8.46. The molecule has 0 bridgehead atoms. The highest BCUT2D eigenvalue weighted by atomic mass is 79.9. The van der Waals surface area contributed by atoms with E-state index in [1.165, 1.54) is 18.5 Å². The number of nitrogens with zero attached hydrogens (tertiary/aromatic N) is 2. The van der Waals surface area contributed by atoms with Crippen molar-refractivity contribution in [1.29, 1.82) is 0 Å². The molecule has 0 radical (unpaired) electrons. The quantitative estimate of drug-likeness (QED) is 0.896. The minimum absolute atomic E-state index is 0.816. The van der Waals surface area contributed by atoms with Crippen molar-refractivity contribution in [3.63, 3.8) is 0 Å². The Morgan fingerprint density at radius 2 is 2.57 bits per heavy atom. The Morgan fingerprint density at radius 3 is 3.36 bits per heavy atom. The molecule has 2 rings (SSSR count). The van der Waals surface area contributed by atoms with Gasteiger partial charge in [-0.2, -0.15) is 0 Å². The van der Waals surface area contributed by atoms with Crippen molar-refractivity contribution in [2.45, 2.75) is 25.8 Å². The highest BCUT2D eigenvalue weighted by Gasteiger charge is 2.20. The molecule has 1 atom stereocenters. The highest BCUT2D eigenvalue weighted by Crippen LogP contribution is 2.26. The summed E-state index contributed by atoms with van der Waals surface area (Å²) in [5, 5.41) is 3.21. The fourth-order valence-electron chi connectivity index (χ4n) is 2.08. The van der Waals surface area contributed by atoms with Gasteiger partial charge in [0.25, 0.3) is 0 Å². The van der Waals surface area contributed by atoms with E-state index in [0.29, 0.717) is 0 Å². The number of imidazole rings is 1. The summed E-state index contributed by atoms with van der Waals surface area (Å²) in [4.78, 5) is 4.28. The van der Waals surface area contributed by atoms with Crippen molar-refractivity contribution >= 4 is 15.9 Å². The van der Waals surface area contributed by atoms with Crippen molar-refractivity contribution in [3.05, 3.63) is 16.6 Å². The summed E-state index contributed by atoms with van der Waals surface area (Å²) in [6.45, 7) is 2.26. The lowest BCUT2D eigenvalue weighted by Crippen LogP contribution is -2.23. The number of halogens is 1. The van der Waals surface area contributed by atoms with E-state index in [9.17, 15) is 0 Å². The number of nitrogens with one attached hydrogen (secondary N) is 1. The largest absolute Gasteiger partial charge is 0.333 e. The molecule has 0 aliphatic carbocycles. The lowest BCUT2D eigenvalue weighted by atomic mass is 9.95. The Balaban J connectivity index is 1.99. The molecule has 0 saturated carbocycles. The van der Waals surface area contributed by atoms with Gasteiger partial charge >= 0.3 is 0 Å². The summed E-state index contributed by atoms with van der Waals surface area (Å²) >= 11 is 3.48. The number of hydrogen-bond acceptors (Lipinski definition) is 2. The Labute approximate surface area is 93.0 Å². The molecular formula is C10H16BrN3. The van der Waals surface area contributed by atoms with E-state index in [1.807, 2.05) is 13.4 Å². The second-order valence-corrected chi connectivity index (χ2v) is 4.68. The van der Waals surface area contributed by atoms with Crippen LogP contribution in [0.15, 0.2) is 10.9 Å². The van der Waals surface area contributed by atoms with Gasteiger partial charge in [0, 0.05) is 6.54 Å². The van der Waals surface area contributed by atoms with Crippen LogP contribution in [0.1, 0.15) is 18.5 Å². The van der Waals surface area contributed by atoms with Gasteiger partial charge in [0.2, 0.25) is 0 Å². The van der Waals surface area contributed by atoms with Crippen LogP contribution < -0.4 is 5.32 Å². The maximum atomic E-state index is 4.28. The fourth-order valence-corrected chi connectivity index (χ4v) is 2.60. The van der Waals surface area contributed by atoms with Crippen LogP contribution in [-0.4, -0.2) is 23.1 Å². The standard InChI is InChI=1S/C10H16BrN3/c1-12-5-4-8-2-3-9-10(11)13-7-14(9)6-8/h7-8,12H,2-6H2,1H3. The fraction of sp³-hybridized carbons (Fsp3) is 0.700. The Morgan fingerprint density at radius 1 is 1.71 bits per heavy atom. The monoisotopic (exact) mass is 257 g/mol. The molecule has 14 heavy (non-hydrogen) atoms. The van der Waals surface area contributed by atoms with Crippen LogP contribution >= 0.6 is 15.9 Å². The van der Waals surface area contributed by atoms with Gasteiger partial charge in [-0.05, 0) is 54.7 Å². The molecule has 1 aromatic heterocycles. The van der Waals surface area contributed by atoms with Gasteiger partial charge in [0.1, 0.15) is 4.60 Å². The smallest absolute Gasteiger partial charge is 0.127 e. The molecule has 1 aliphatic rings. The molecule has 1 N–H and O–H groups in total. The SMILES string of the molecule is CNCCC1CCc2c(Br)ncn2C1. The summed E-state index contributed by atoms with van der Waals surface area (Å²) in [7, 11) is 2.02. The van der Waals surface area contributed by atoms with Crippen molar-refractivity contribution in [2.75, 3.05) is 13.6 Å². The molecule has 4 heteroatoms. The molecule has 0 aromatic carbocycles. The Bertz CT molecular complexity index is 308. The van der Waals surface area contributed by atoms with E-state index >= 15 is 0 Å². The maximum absolute atomic E-state index is 4.28. The first-order valence-corrected chi connectivity index (χ1v) is 5.94. The second-order valence-electron chi connectivity index (χ2n) is 3.93. The van der Waals surface area contributed by atoms with Crippen LogP contribution in [-0.2, 0) is 13.0 Å². The summed E-state index contributed by atoms with van der Waals surface area (Å²) in [5.41, 5.74) is 1.37. The third kappa shape index (κ3) is 2.01. The second kappa shape index (κ2) is 4.45. The molecule has 3 nitrogen and oxygen atoms in total. The first-order valence-electron chi connectivity index (χ1n) is 5.15. The number of aromatic nitrogens is 2. The molecule has 1 unspecified atom stereocenters. The molecule has 0 saturated heterocycles. The lowest BCUT2D eigenvalue weighted by molar-refractivity contribution is 0.345. The Kier molecular flexibility index (Phi) is 3.23. The third-order valence-electron chi connectivity index (χ3n) is 2.94. The predicted octanol–water partition coefficient (Wildman–Crippen LogP) is 1.82. The predicted molar refractivity (Wildman–Crippen MR) is 60.3 cm³/mol. The molecular weight excluding hydrogens is 242 g/mol. The zero-order chi connectivity index (χ0) is 9.97. The van der Waals surface area contributed by atoms with Crippen molar-refractivity contribution in [1.82, 2.24) is 14.9 Å². The molecule has 0 amide bonds. The first-order chi connectivity index (χ1) is 6.81. The molecule has 1 aromatic rings.